The summed E-state index contributed by atoms with van der Waals surface area (Å²) < 4.78 is 39.4. The van der Waals surface area contributed by atoms with Crippen molar-refractivity contribution in [2.45, 2.75) is 12.1 Å². The number of benzene rings is 2. The lowest BCUT2D eigenvalue weighted by atomic mass is 9.97. The maximum absolute atomic E-state index is 13.1. The van der Waals surface area contributed by atoms with Crippen molar-refractivity contribution in [3.8, 4) is 11.1 Å². The Morgan fingerprint density at radius 3 is 2.15 bits per heavy atom. The second-order valence-corrected chi connectivity index (χ2v) is 5.22. The molecule has 0 amide bonds. The van der Waals surface area contributed by atoms with Gasteiger partial charge in [0, 0.05) is 5.88 Å². The highest BCUT2D eigenvalue weighted by molar-refractivity contribution is 6.42. The van der Waals surface area contributed by atoms with Crippen LogP contribution in [0, 0.1) is 0 Å². The van der Waals surface area contributed by atoms with Gasteiger partial charge in [0.25, 0.3) is 0 Å². The molecule has 0 saturated heterocycles. The molecule has 0 aromatic heterocycles. The number of alkyl halides is 4. The standard InChI is InChI=1S/C14H8Cl3F3/c15-7-8-1-3-10(11(5-8)14(18,19)20)9-2-4-12(16)13(17)6-9/h1-6H,7H2. The Labute approximate surface area is 129 Å². The van der Waals surface area contributed by atoms with Crippen molar-refractivity contribution in [3.63, 3.8) is 0 Å². The van der Waals surface area contributed by atoms with E-state index in [1.807, 2.05) is 0 Å². The molecule has 0 unspecified atom stereocenters. The van der Waals surface area contributed by atoms with Gasteiger partial charge in [-0.1, -0.05) is 41.4 Å². The second-order valence-electron chi connectivity index (χ2n) is 4.14. The molecule has 0 heterocycles. The van der Waals surface area contributed by atoms with E-state index in [4.69, 9.17) is 34.8 Å². The zero-order chi connectivity index (χ0) is 14.9. The number of hydrogen-bond donors (Lipinski definition) is 0. The molecule has 0 nitrogen and oxygen atoms in total. The summed E-state index contributed by atoms with van der Waals surface area (Å²) in [6.07, 6.45) is -4.47. The summed E-state index contributed by atoms with van der Waals surface area (Å²) in [5.74, 6) is 0.0186. The highest BCUT2D eigenvalue weighted by Gasteiger charge is 2.34. The van der Waals surface area contributed by atoms with Crippen molar-refractivity contribution in [2.24, 2.45) is 0 Å². The summed E-state index contributed by atoms with van der Waals surface area (Å²) in [6, 6.07) is 8.37. The van der Waals surface area contributed by atoms with Gasteiger partial charge in [-0.2, -0.15) is 13.2 Å². The van der Waals surface area contributed by atoms with Crippen LogP contribution in [0.2, 0.25) is 10.0 Å². The normalized spacial score (nSPS) is 11.7. The molecule has 0 fully saturated rings. The van der Waals surface area contributed by atoms with Gasteiger partial charge in [-0.15, -0.1) is 11.6 Å². The van der Waals surface area contributed by atoms with Gasteiger partial charge in [-0.25, -0.2) is 0 Å². The second kappa shape index (κ2) is 5.84. The van der Waals surface area contributed by atoms with Gasteiger partial charge >= 0.3 is 6.18 Å². The first-order chi connectivity index (χ1) is 9.32. The van der Waals surface area contributed by atoms with Gasteiger partial charge in [0.05, 0.1) is 15.6 Å². The average molecular weight is 340 g/mol. The van der Waals surface area contributed by atoms with E-state index in [1.54, 1.807) is 6.07 Å². The fraction of sp³-hybridized carbons (Fsp3) is 0.143. The topological polar surface area (TPSA) is 0 Å². The van der Waals surface area contributed by atoms with Crippen molar-refractivity contribution in [1.82, 2.24) is 0 Å². The third-order valence-electron chi connectivity index (χ3n) is 2.77. The van der Waals surface area contributed by atoms with Crippen LogP contribution in [0.3, 0.4) is 0 Å². The van der Waals surface area contributed by atoms with Crippen molar-refractivity contribution in [3.05, 3.63) is 57.6 Å². The first kappa shape index (κ1) is 15.5. The zero-order valence-electron chi connectivity index (χ0n) is 9.94. The molecule has 0 bridgehead atoms. The third kappa shape index (κ3) is 3.22. The maximum Gasteiger partial charge on any atom is 0.417 e. The largest absolute Gasteiger partial charge is 0.417 e. The fourth-order valence-electron chi connectivity index (χ4n) is 1.82. The molecule has 0 spiro atoms. The van der Waals surface area contributed by atoms with Gasteiger partial charge in [-0.05, 0) is 34.9 Å². The van der Waals surface area contributed by atoms with Crippen LogP contribution in [0.1, 0.15) is 11.1 Å². The molecule has 0 saturated carbocycles. The van der Waals surface area contributed by atoms with E-state index in [1.165, 1.54) is 24.3 Å². The maximum atomic E-state index is 13.1. The van der Waals surface area contributed by atoms with Crippen LogP contribution in [0.4, 0.5) is 13.2 Å². The Morgan fingerprint density at radius 2 is 1.60 bits per heavy atom. The lowest BCUT2D eigenvalue weighted by Crippen LogP contribution is -2.08. The quantitative estimate of drug-likeness (QED) is 0.554. The minimum absolute atomic E-state index is 0.0186. The summed E-state index contributed by atoms with van der Waals surface area (Å²) in [5.41, 5.74) is 0.0645. The summed E-state index contributed by atoms with van der Waals surface area (Å²) in [5, 5.41) is 0.500. The monoisotopic (exact) mass is 338 g/mol. The van der Waals surface area contributed by atoms with Gasteiger partial charge in [-0.3, -0.25) is 0 Å². The summed E-state index contributed by atoms with van der Waals surface area (Å²) in [7, 11) is 0. The van der Waals surface area contributed by atoms with Crippen molar-refractivity contribution < 1.29 is 13.2 Å². The molecule has 6 heteroatoms. The number of rotatable bonds is 2. The molecule has 20 heavy (non-hydrogen) atoms. The smallest absolute Gasteiger partial charge is 0.166 e. The molecule has 0 aliphatic rings. The lowest BCUT2D eigenvalue weighted by Gasteiger charge is -2.14. The highest BCUT2D eigenvalue weighted by Crippen LogP contribution is 2.39. The molecule has 0 aliphatic heterocycles. The predicted octanol–water partition coefficient (Wildman–Crippen LogP) is 6.42. The van der Waals surface area contributed by atoms with Crippen LogP contribution in [0.15, 0.2) is 36.4 Å². The molecular formula is C14H8Cl3F3. The Hall–Kier alpha value is -0.900. The van der Waals surface area contributed by atoms with E-state index in [-0.39, 0.29) is 16.5 Å². The highest BCUT2D eigenvalue weighted by atomic mass is 35.5. The van der Waals surface area contributed by atoms with Crippen LogP contribution >= 0.6 is 34.8 Å². The van der Waals surface area contributed by atoms with E-state index >= 15 is 0 Å². The van der Waals surface area contributed by atoms with Crippen LogP contribution in [0.5, 0.6) is 0 Å². The summed E-state index contributed by atoms with van der Waals surface area (Å²) in [4.78, 5) is 0. The van der Waals surface area contributed by atoms with E-state index in [9.17, 15) is 13.2 Å². The molecule has 106 valence electrons. The molecule has 0 radical (unpaired) electrons. The summed E-state index contributed by atoms with van der Waals surface area (Å²) in [6.45, 7) is 0. The van der Waals surface area contributed by atoms with E-state index < -0.39 is 11.7 Å². The number of hydrogen-bond acceptors (Lipinski definition) is 0. The molecule has 0 atom stereocenters. The Morgan fingerprint density at radius 1 is 0.900 bits per heavy atom. The molecule has 0 N–H and O–H groups in total. The predicted molar refractivity (Wildman–Crippen MR) is 76.5 cm³/mol. The van der Waals surface area contributed by atoms with Gasteiger partial charge in [0.15, 0.2) is 0 Å². The van der Waals surface area contributed by atoms with Crippen LogP contribution in [0.25, 0.3) is 11.1 Å². The molecule has 0 aliphatic carbocycles. The zero-order valence-corrected chi connectivity index (χ0v) is 12.2. The Balaban J connectivity index is 2.63. The van der Waals surface area contributed by atoms with E-state index in [0.717, 1.165) is 6.07 Å². The first-order valence-electron chi connectivity index (χ1n) is 5.54. The van der Waals surface area contributed by atoms with E-state index in [0.29, 0.717) is 16.1 Å². The summed E-state index contributed by atoms with van der Waals surface area (Å²) >= 11 is 17.2. The number of halogens is 6. The van der Waals surface area contributed by atoms with Crippen molar-refractivity contribution >= 4 is 34.8 Å². The van der Waals surface area contributed by atoms with Gasteiger partial charge < -0.3 is 0 Å². The third-order valence-corrected chi connectivity index (χ3v) is 3.82. The minimum atomic E-state index is -4.47. The molecule has 2 rings (SSSR count). The SMILES string of the molecule is FC(F)(F)c1cc(CCl)ccc1-c1ccc(Cl)c(Cl)c1. The average Bonchev–Trinajstić information content (AvgIpc) is 2.40. The van der Waals surface area contributed by atoms with Crippen LogP contribution in [-0.2, 0) is 12.1 Å². The first-order valence-corrected chi connectivity index (χ1v) is 6.83. The Kier molecular flexibility index (Phi) is 4.52. The van der Waals surface area contributed by atoms with Crippen LogP contribution in [-0.4, -0.2) is 0 Å². The van der Waals surface area contributed by atoms with Crippen LogP contribution < -0.4 is 0 Å². The molecular weight excluding hydrogens is 332 g/mol. The van der Waals surface area contributed by atoms with Crippen molar-refractivity contribution in [1.29, 1.82) is 0 Å². The van der Waals surface area contributed by atoms with Crippen molar-refractivity contribution in [2.75, 3.05) is 0 Å². The minimum Gasteiger partial charge on any atom is -0.166 e. The van der Waals surface area contributed by atoms with Gasteiger partial charge in [0.2, 0.25) is 0 Å². The Bertz CT molecular complexity index is 636. The molecule has 2 aromatic rings. The van der Waals surface area contributed by atoms with Gasteiger partial charge in [0.1, 0.15) is 0 Å². The fourth-order valence-corrected chi connectivity index (χ4v) is 2.29. The van der Waals surface area contributed by atoms with E-state index in [2.05, 4.69) is 0 Å². The molecule has 2 aromatic carbocycles. The lowest BCUT2D eigenvalue weighted by molar-refractivity contribution is -0.137.